The van der Waals surface area contributed by atoms with Crippen LogP contribution in [0.2, 0.25) is 0 Å². The molecule has 1 aliphatic rings. The Morgan fingerprint density at radius 1 is 1.32 bits per heavy atom. The molecule has 0 aliphatic heterocycles. The number of nitrogens with zero attached hydrogens (tertiary/aromatic N) is 2. The molecular weight excluding hydrogens is 232 g/mol. The van der Waals surface area contributed by atoms with Crippen LogP contribution in [0, 0.1) is 5.92 Å². The van der Waals surface area contributed by atoms with Gasteiger partial charge >= 0.3 is 0 Å². The topological polar surface area (TPSA) is 15.6 Å². The van der Waals surface area contributed by atoms with Crippen LogP contribution in [0.15, 0.2) is 17.6 Å². The zero-order valence-corrected chi connectivity index (χ0v) is 13.4. The molecule has 0 aromatic carbocycles. The molecule has 0 radical (unpaired) electrons. The van der Waals surface area contributed by atoms with Gasteiger partial charge in [0.1, 0.15) is 0 Å². The molecular formula is C17H32N2. The Balaban J connectivity index is 2.70. The number of hydrogen-bond donors (Lipinski definition) is 0. The third-order valence-corrected chi connectivity index (χ3v) is 4.56. The fraction of sp³-hybridized carbons (Fsp3) is 0.824. The summed E-state index contributed by atoms with van der Waals surface area (Å²) in [6.07, 6.45) is 10.0. The lowest BCUT2D eigenvalue weighted by atomic mass is 9.94. The zero-order chi connectivity index (χ0) is 14.3. The Bertz CT molecular complexity index is 290. The Labute approximate surface area is 120 Å². The lowest BCUT2D eigenvalue weighted by Gasteiger charge is -2.35. The van der Waals surface area contributed by atoms with Crippen molar-refractivity contribution < 1.29 is 0 Å². The average molecular weight is 264 g/mol. The molecule has 0 spiro atoms. The van der Waals surface area contributed by atoms with Gasteiger partial charge in [-0.15, -0.1) is 6.58 Å². The molecule has 19 heavy (non-hydrogen) atoms. The summed E-state index contributed by atoms with van der Waals surface area (Å²) in [6.45, 7) is 13.9. The molecule has 2 nitrogen and oxygen atoms in total. The van der Waals surface area contributed by atoms with E-state index in [0.717, 1.165) is 19.0 Å². The standard InChI is InChI=1S/C17H32N2/c1-6-16(7-2)14(4)18-15(5)19(8-3)17-12-10-9-11-13-17/h6,14,16-17H,1,7-13H2,2-5H3/b18-15-. The van der Waals surface area contributed by atoms with E-state index in [1.54, 1.807) is 0 Å². The summed E-state index contributed by atoms with van der Waals surface area (Å²) in [6, 6.07) is 1.07. The highest BCUT2D eigenvalue weighted by molar-refractivity contribution is 5.80. The van der Waals surface area contributed by atoms with Crippen LogP contribution in [0.5, 0.6) is 0 Å². The minimum absolute atomic E-state index is 0.347. The third kappa shape index (κ3) is 4.67. The highest BCUT2D eigenvalue weighted by Crippen LogP contribution is 2.23. The van der Waals surface area contributed by atoms with E-state index >= 15 is 0 Å². The average Bonchev–Trinajstić information content (AvgIpc) is 2.42. The van der Waals surface area contributed by atoms with Crippen LogP contribution in [0.4, 0.5) is 0 Å². The van der Waals surface area contributed by atoms with Gasteiger partial charge in [-0.25, -0.2) is 0 Å². The van der Waals surface area contributed by atoms with Crippen LogP contribution in [-0.4, -0.2) is 29.4 Å². The van der Waals surface area contributed by atoms with E-state index in [2.05, 4.69) is 45.2 Å². The number of hydrogen-bond acceptors (Lipinski definition) is 1. The zero-order valence-electron chi connectivity index (χ0n) is 13.4. The maximum absolute atomic E-state index is 4.94. The fourth-order valence-electron chi connectivity index (χ4n) is 3.31. The van der Waals surface area contributed by atoms with Gasteiger partial charge in [0, 0.05) is 12.6 Å². The minimum atomic E-state index is 0.347. The molecule has 0 aromatic rings. The molecule has 0 heterocycles. The Hall–Kier alpha value is -0.790. The second-order valence-corrected chi connectivity index (χ2v) is 5.80. The fourth-order valence-corrected chi connectivity index (χ4v) is 3.31. The number of rotatable bonds is 6. The van der Waals surface area contributed by atoms with E-state index < -0.39 is 0 Å². The van der Waals surface area contributed by atoms with Crippen molar-refractivity contribution in [3.8, 4) is 0 Å². The summed E-state index contributed by atoms with van der Waals surface area (Å²) in [5, 5.41) is 0. The third-order valence-electron chi connectivity index (χ3n) is 4.56. The van der Waals surface area contributed by atoms with Crippen LogP contribution in [0.3, 0.4) is 0 Å². The highest BCUT2D eigenvalue weighted by Gasteiger charge is 2.21. The number of aliphatic imine (C=N–C) groups is 1. The molecule has 1 rings (SSSR count). The summed E-state index contributed by atoms with van der Waals surface area (Å²) in [7, 11) is 0. The van der Waals surface area contributed by atoms with Crippen LogP contribution >= 0.6 is 0 Å². The van der Waals surface area contributed by atoms with Gasteiger partial charge in [0.2, 0.25) is 0 Å². The lowest BCUT2D eigenvalue weighted by molar-refractivity contribution is 0.249. The first-order chi connectivity index (χ1) is 9.13. The van der Waals surface area contributed by atoms with E-state index in [9.17, 15) is 0 Å². The first-order valence-corrected chi connectivity index (χ1v) is 8.07. The molecule has 0 N–H and O–H groups in total. The smallest absolute Gasteiger partial charge is 0.0963 e. The van der Waals surface area contributed by atoms with E-state index in [-0.39, 0.29) is 0 Å². The van der Waals surface area contributed by atoms with Crippen molar-refractivity contribution in [2.75, 3.05) is 6.54 Å². The van der Waals surface area contributed by atoms with E-state index in [1.165, 1.54) is 37.9 Å². The van der Waals surface area contributed by atoms with Gasteiger partial charge in [0.25, 0.3) is 0 Å². The van der Waals surface area contributed by atoms with Crippen molar-refractivity contribution >= 4 is 5.84 Å². The summed E-state index contributed by atoms with van der Waals surface area (Å²) >= 11 is 0. The normalized spacial score (nSPS) is 20.9. The molecule has 1 saturated carbocycles. The van der Waals surface area contributed by atoms with Crippen LogP contribution in [0.1, 0.15) is 66.2 Å². The van der Waals surface area contributed by atoms with Gasteiger partial charge < -0.3 is 4.90 Å². The maximum Gasteiger partial charge on any atom is 0.0963 e. The molecule has 0 aromatic heterocycles. The maximum atomic E-state index is 4.94. The molecule has 0 saturated heterocycles. The van der Waals surface area contributed by atoms with E-state index in [4.69, 9.17) is 4.99 Å². The summed E-state index contributed by atoms with van der Waals surface area (Å²) < 4.78 is 0. The van der Waals surface area contributed by atoms with Gasteiger partial charge in [0.15, 0.2) is 0 Å². The Kier molecular flexibility index (Phi) is 7.19. The Morgan fingerprint density at radius 2 is 1.95 bits per heavy atom. The van der Waals surface area contributed by atoms with Crippen molar-refractivity contribution in [3.63, 3.8) is 0 Å². The van der Waals surface area contributed by atoms with Gasteiger partial charge in [-0.2, -0.15) is 0 Å². The quantitative estimate of drug-likeness (QED) is 0.387. The molecule has 2 unspecified atom stereocenters. The van der Waals surface area contributed by atoms with Gasteiger partial charge in [-0.05, 0) is 46.0 Å². The summed E-state index contributed by atoms with van der Waals surface area (Å²) in [5.41, 5.74) is 0. The molecule has 0 amide bonds. The van der Waals surface area contributed by atoms with Crippen molar-refractivity contribution in [1.29, 1.82) is 0 Å². The van der Waals surface area contributed by atoms with E-state index in [1.807, 2.05) is 0 Å². The van der Waals surface area contributed by atoms with Crippen molar-refractivity contribution in [3.05, 3.63) is 12.7 Å². The van der Waals surface area contributed by atoms with Crippen LogP contribution < -0.4 is 0 Å². The Morgan fingerprint density at radius 3 is 2.42 bits per heavy atom. The minimum Gasteiger partial charge on any atom is -0.358 e. The predicted octanol–water partition coefficient (Wildman–Crippen LogP) is 4.66. The molecule has 1 fully saturated rings. The first-order valence-electron chi connectivity index (χ1n) is 8.07. The van der Waals surface area contributed by atoms with Crippen molar-refractivity contribution in [2.45, 2.75) is 78.3 Å². The SMILES string of the molecule is C=CC(CC)C(C)/N=C(/C)N(CC)C1CCCCC1. The molecule has 0 bridgehead atoms. The highest BCUT2D eigenvalue weighted by atomic mass is 15.2. The van der Waals surface area contributed by atoms with Gasteiger partial charge in [0.05, 0.1) is 11.9 Å². The number of amidine groups is 1. The van der Waals surface area contributed by atoms with Gasteiger partial charge in [-0.1, -0.05) is 32.3 Å². The molecule has 2 heteroatoms. The first kappa shape index (κ1) is 16.3. The predicted molar refractivity (Wildman–Crippen MR) is 85.8 cm³/mol. The molecule has 110 valence electrons. The van der Waals surface area contributed by atoms with Crippen LogP contribution in [-0.2, 0) is 0 Å². The van der Waals surface area contributed by atoms with Gasteiger partial charge in [-0.3, -0.25) is 4.99 Å². The van der Waals surface area contributed by atoms with Crippen molar-refractivity contribution in [2.24, 2.45) is 10.9 Å². The molecule has 2 atom stereocenters. The second-order valence-electron chi connectivity index (χ2n) is 5.80. The summed E-state index contributed by atoms with van der Waals surface area (Å²) in [4.78, 5) is 7.46. The van der Waals surface area contributed by atoms with Crippen LogP contribution in [0.25, 0.3) is 0 Å². The summed E-state index contributed by atoms with van der Waals surface area (Å²) in [5.74, 6) is 1.72. The monoisotopic (exact) mass is 264 g/mol. The second kappa shape index (κ2) is 8.39. The molecule has 1 aliphatic carbocycles. The largest absolute Gasteiger partial charge is 0.358 e. The van der Waals surface area contributed by atoms with Crippen molar-refractivity contribution in [1.82, 2.24) is 4.90 Å². The van der Waals surface area contributed by atoms with E-state index in [0.29, 0.717) is 12.0 Å². The lowest BCUT2D eigenvalue weighted by Crippen LogP contribution is -2.40.